The number of benzene rings is 1. The van der Waals surface area contributed by atoms with Crippen molar-refractivity contribution in [2.75, 3.05) is 5.75 Å². The molecule has 0 fully saturated rings. The van der Waals surface area contributed by atoms with Gasteiger partial charge >= 0.3 is 5.97 Å². The van der Waals surface area contributed by atoms with Gasteiger partial charge in [0.25, 0.3) is 5.56 Å². The normalized spacial score (nSPS) is 10.2. The van der Waals surface area contributed by atoms with Gasteiger partial charge in [0.1, 0.15) is 11.6 Å². The number of aliphatic carboxylic acids is 1. The summed E-state index contributed by atoms with van der Waals surface area (Å²) in [5.41, 5.74) is 0.605. The van der Waals surface area contributed by atoms with E-state index in [-0.39, 0.29) is 12.0 Å². The minimum absolute atomic E-state index is 0.00794. The zero-order valence-corrected chi connectivity index (χ0v) is 13.1. The maximum absolute atomic E-state index is 12.0. The van der Waals surface area contributed by atoms with Crippen molar-refractivity contribution in [2.24, 2.45) is 0 Å². The van der Waals surface area contributed by atoms with Crippen LogP contribution in [-0.2, 0) is 4.79 Å². The molecule has 0 amide bonds. The Kier molecular flexibility index (Phi) is 5.94. The van der Waals surface area contributed by atoms with E-state index in [0.29, 0.717) is 35.0 Å². The molecule has 0 spiro atoms. The third-order valence-corrected chi connectivity index (χ3v) is 4.04. The molecule has 23 heavy (non-hydrogen) atoms. The van der Waals surface area contributed by atoms with Crippen LogP contribution < -0.4 is 5.56 Å². The number of hydrogen-bond donors (Lipinski definition) is 2. The van der Waals surface area contributed by atoms with Gasteiger partial charge in [-0.2, -0.15) is 5.26 Å². The molecule has 2 N–H and O–H groups in total. The van der Waals surface area contributed by atoms with Crippen LogP contribution in [0.3, 0.4) is 0 Å². The number of carboxylic acid groups (broad SMARTS) is 1. The van der Waals surface area contributed by atoms with Gasteiger partial charge in [-0.15, -0.1) is 0 Å². The van der Waals surface area contributed by atoms with Crippen LogP contribution in [0.1, 0.15) is 24.8 Å². The number of carbonyl (C=O) groups is 1. The first-order valence-electron chi connectivity index (χ1n) is 7.06. The van der Waals surface area contributed by atoms with Gasteiger partial charge in [0.2, 0.25) is 0 Å². The monoisotopic (exact) mass is 329 g/mol. The highest BCUT2D eigenvalue weighted by atomic mass is 32.2. The van der Waals surface area contributed by atoms with E-state index in [0.717, 1.165) is 0 Å². The standard InChI is InChI=1S/C16H15N3O3S/c17-10-12-14(11-6-2-1-3-7-11)18-16(19-15(12)22)23-9-5-4-8-13(20)21/h1-3,6-7H,4-5,8-9H2,(H,20,21)(H,18,19,22). The first-order chi connectivity index (χ1) is 11.1. The van der Waals surface area contributed by atoms with Crippen LogP contribution in [0.4, 0.5) is 0 Å². The van der Waals surface area contributed by atoms with E-state index >= 15 is 0 Å². The number of thioether (sulfide) groups is 1. The maximum Gasteiger partial charge on any atom is 0.303 e. The van der Waals surface area contributed by atoms with Crippen LogP contribution in [-0.4, -0.2) is 26.8 Å². The molecule has 0 saturated carbocycles. The van der Waals surface area contributed by atoms with E-state index in [1.807, 2.05) is 24.3 Å². The predicted octanol–water partition coefficient (Wildman–Crippen LogP) is 2.66. The molecule has 1 aromatic carbocycles. The second-order valence-electron chi connectivity index (χ2n) is 4.77. The lowest BCUT2D eigenvalue weighted by Gasteiger charge is -2.06. The number of nitrogens with zero attached hydrogens (tertiary/aromatic N) is 2. The van der Waals surface area contributed by atoms with Crippen molar-refractivity contribution >= 4 is 17.7 Å². The summed E-state index contributed by atoms with van der Waals surface area (Å²) >= 11 is 1.35. The molecular formula is C16H15N3O3S. The largest absolute Gasteiger partial charge is 0.481 e. The Morgan fingerprint density at radius 3 is 2.70 bits per heavy atom. The lowest BCUT2D eigenvalue weighted by Crippen LogP contribution is -2.14. The summed E-state index contributed by atoms with van der Waals surface area (Å²) in [6.07, 6.45) is 1.42. The number of aromatic amines is 1. The predicted molar refractivity (Wildman–Crippen MR) is 87.2 cm³/mol. The second kappa shape index (κ2) is 8.15. The molecule has 0 saturated heterocycles. The van der Waals surface area contributed by atoms with E-state index in [1.165, 1.54) is 11.8 Å². The molecule has 0 radical (unpaired) electrons. The van der Waals surface area contributed by atoms with E-state index < -0.39 is 11.5 Å². The van der Waals surface area contributed by atoms with Crippen LogP contribution in [0, 0.1) is 11.3 Å². The minimum Gasteiger partial charge on any atom is -0.481 e. The molecule has 1 heterocycles. The summed E-state index contributed by atoms with van der Waals surface area (Å²) in [7, 11) is 0. The SMILES string of the molecule is N#Cc1c(-c2ccccc2)nc(SCCCCC(=O)O)[nH]c1=O. The van der Waals surface area contributed by atoms with Crippen molar-refractivity contribution < 1.29 is 9.90 Å². The Balaban J connectivity index is 2.17. The highest BCUT2D eigenvalue weighted by molar-refractivity contribution is 7.99. The minimum atomic E-state index is -0.814. The first-order valence-corrected chi connectivity index (χ1v) is 8.05. The van der Waals surface area contributed by atoms with Crippen LogP contribution >= 0.6 is 11.8 Å². The van der Waals surface area contributed by atoms with Crippen molar-refractivity contribution in [3.05, 3.63) is 46.2 Å². The Morgan fingerprint density at radius 1 is 1.30 bits per heavy atom. The van der Waals surface area contributed by atoms with Crippen LogP contribution in [0.2, 0.25) is 0 Å². The fourth-order valence-corrected chi connectivity index (χ4v) is 2.84. The summed E-state index contributed by atoms with van der Waals surface area (Å²) in [6.45, 7) is 0. The molecule has 0 aliphatic heterocycles. The van der Waals surface area contributed by atoms with Crippen molar-refractivity contribution in [3.63, 3.8) is 0 Å². The number of unbranched alkanes of at least 4 members (excludes halogenated alkanes) is 1. The van der Waals surface area contributed by atoms with E-state index in [4.69, 9.17) is 5.11 Å². The summed E-state index contributed by atoms with van der Waals surface area (Å²) < 4.78 is 0. The third kappa shape index (κ3) is 4.69. The lowest BCUT2D eigenvalue weighted by atomic mass is 10.1. The second-order valence-corrected chi connectivity index (χ2v) is 5.86. The number of carboxylic acids is 1. The molecule has 0 unspecified atom stereocenters. The van der Waals surface area contributed by atoms with E-state index in [9.17, 15) is 14.9 Å². The highest BCUT2D eigenvalue weighted by Gasteiger charge is 2.13. The summed E-state index contributed by atoms with van der Waals surface area (Å²) in [5, 5.41) is 18.2. The van der Waals surface area contributed by atoms with Crippen molar-refractivity contribution in [1.29, 1.82) is 5.26 Å². The molecule has 0 atom stereocenters. The first kappa shape index (κ1) is 16.8. The van der Waals surface area contributed by atoms with E-state index in [2.05, 4.69) is 9.97 Å². The van der Waals surface area contributed by atoms with Crippen LogP contribution in [0.5, 0.6) is 0 Å². The smallest absolute Gasteiger partial charge is 0.303 e. The highest BCUT2D eigenvalue weighted by Crippen LogP contribution is 2.22. The Morgan fingerprint density at radius 2 is 2.04 bits per heavy atom. The topological polar surface area (TPSA) is 107 Å². The Labute approximate surface area is 137 Å². The van der Waals surface area contributed by atoms with Crippen molar-refractivity contribution in [3.8, 4) is 17.3 Å². The molecule has 0 aliphatic rings. The number of aromatic nitrogens is 2. The molecule has 2 aromatic rings. The Bertz CT molecular complexity index is 781. The summed E-state index contributed by atoms with van der Waals surface area (Å²) in [5.74, 6) is -0.164. The molecule has 0 aliphatic carbocycles. The van der Waals surface area contributed by atoms with Gasteiger partial charge in [-0.25, -0.2) is 4.98 Å². The number of hydrogen-bond acceptors (Lipinski definition) is 5. The van der Waals surface area contributed by atoms with Crippen LogP contribution in [0.15, 0.2) is 40.3 Å². The molecular weight excluding hydrogens is 314 g/mol. The molecule has 0 bridgehead atoms. The fraction of sp³-hybridized carbons (Fsp3) is 0.250. The van der Waals surface area contributed by atoms with E-state index in [1.54, 1.807) is 12.1 Å². The molecule has 7 heteroatoms. The number of nitriles is 1. The molecule has 6 nitrogen and oxygen atoms in total. The molecule has 1 aromatic heterocycles. The number of rotatable bonds is 7. The third-order valence-electron chi connectivity index (χ3n) is 3.08. The Hall–Kier alpha value is -2.59. The lowest BCUT2D eigenvalue weighted by molar-refractivity contribution is -0.137. The number of nitrogens with one attached hydrogen (secondary N) is 1. The molecule has 2 rings (SSSR count). The summed E-state index contributed by atoms with van der Waals surface area (Å²) in [4.78, 5) is 29.5. The van der Waals surface area contributed by atoms with Crippen molar-refractivity contribution in [1.82, 2.24) is 9.97 Å². The molecule has 118 valence electrons. The quantitative estimate of drug-likeness (QED) is 0.459. The maximum atomic E-state index is 12.0. The van der Waals surface area contributed by atoms with Crippen LogP contribution in [0.25, 0.3) is 11.3 Å². The van der Waals surface area contributed by atoms with Gasteiger partial charge in [-0.1, -0.05) is 42.1 Å². The fourth-order valence-electron chi connectivity index (χ4n) is 1.98. The van der Waals surface area contributed by atoms with Gasteiger partial charge in [0.15, 0.2) is 5.16 Å². The van der Waals surface area contributed by atoms with Gasteiger partial charge in [-0.3, -0.25) is 9.59 Å². The zero-order valence-electron chi connectivity index (χ0n) is 12.3. The van der Waals surface area contributed by atoms with Gasteiger partial charge in [0.05, 0.1) is 5.69 Å². The van der Waals surface area contributed by atoms with Gasteiger partial charge < -0.3 is 10.1 Å². The van der Waals surface area contributed by atoms with Gasteiger partial charge in [0, 0.05) is 17.7 Å². The zero-order chi connectivity index (χ0) is 16.7. The van der Waals surface area contributed by atoms with Gasteiger partial charge in [-0.05, 0) is 12.8 Å². The average Bonchev–Trinajstić information content (AvgIpc) is 2.54. The number of H-pyrrole nitrogens is 1. The average molecular weight is 329 g/mol. The summed E-state index contributed by atoms with van der Waals surface area (Å²) in [6, 6.07) is 11.0. The van der Waals surface area contributed by atoms with Crippen molar-refractivity contribution in [2.45, 2.75) is 24.4 Å².